The molecule has 8 heteroatoms. The Kier molecular flexibility index (Phi) is 5.60. The van der Waals surface area contributed by atoms with Crippen molar-refractivity contribution in [3.63, 3.8) is 0 Å². The maximum atomic E-state index is 11.7. The number of thiazole rings is 1. The largest absolute Gasteiger partial charge is 0.371 e. The van der Waals surface area contributed by atoms with Crippen molar-refractivity contribution in [2.75, 3.05) is 33.9 Å². The summed E-state index contributed by atoms with van der Waals surface area (Å²) in [5.41, 5.74) is 1.21. The first-order valence-corrected chi connectivity index (χ1v) is 8.89. The van der Waals surface area contributed by atoms with Gasteiger partial charge < -0.3 is 9.64 Å². The number of rotatable bonds is 6. The van der Waals surface area contributed by atoms with Gasteiger partial charge in [-0.25, -0.2) is 4.98 Å². The number of aromatic nitrogens is 3. The van der Waals surface area contributed by atoms with Crippen molar-refractivity contribution < 1.29 is 9.53 Å². The molecule has 3 heterocycles. The molecule has 0 N–H and O–H groups in total. The summed E-state index contributed by atoms with van der Waals surface area (Å²) in [6.07, 6.45) is 3.69. The minimum absolute atomic E-state index is 0.0111. The van der Waals surface area contributed by atoms with Crippen LogP contribution in [0.15, 0.2) is 23.8 Å². The van der Waals surface area contributed by atoms with Gasteiger partial charge in [-0.15, -0.1) is 11.3 Å². The fraction of sp³-hybridized carbons (Fsp3) is 0.562. The van der Waals surface area contributed by atoms with Crippen molar-refractivity contribution in [1.29, 1.82) is 0 Å². The van der Waals surface area contributed by atoms with Crippen molar-refractivity contribution in [2.24, 2.45) is 5.92 Å². The van der Waals surface area contributed by atoms with E-state index in [1.54, 1.807) is 30.3 Å². The van der Waals surface area contributed by atoms with Gasteiger partial charge in [-0.1, -0.05) is 0 Å². The van der Waals surface area contributed by atoms with Gasteiger partial charge in [0.05, 0.1) is 18.8 Å². The summed E-state index contributed by atoms with van der Waals surface area (Å²) >= 11 is 1.68. The van der Waals surface area contributed by atoms with E-state index in [1.165, 1.54) is 5.69 Å². The Balaban J connectivity index is 1.62. The molecule has 1 atom stereocenters. The average Bonchev–Trinajstić information content (AvgIpc) is 3.16. The third-order valence-corrected chi connectivity index (χ3v) is 4.82. The van der Waals surface area contributed by atoms with Crippen molar-refractivity contribution in [2.45, 2.75) is 19.6 Å². The van der Waals surface area contributed by atoms with Crippen LogP contribution in [-0.4, -0.2) is 64.3 Å². The molecule has 130 valence electrons. The highest BCUT2D eigenvalue weighted by molar-refractivity contribution is 7.09. The molecule has 0 radical (unpaired) electrons. The minimum Gasteiger partial charge on any atom is -0.371 e. The highest BCUT2D eigenvalue weighted by Crippen LogP contribution is 2.19. The van der Waals surface area contributed by atoms with Crippen molar-refractivity contribution >= 4 is 17.2 Å². The second-order valence-corrected chi connectivity index (χ2v) is 7.25. The van der Waals surface area contributed by atoms with Gasteiger partial charge in [0, 0.05) is 57.4 Å². The maximum absolute atomic E-state index is 11.7. The fourth-order valence-electron chi connectivity index (χ4n) is 2.81. The summed E-state index contributed by atoms with van der Waals surface area (Å²) in [5, 5.41) is 7.54. The zero-order chi connectivity index (χ0) is 16.9. The van der Waals surface area contributed by atoms with Crippen molar-refractivity contribution in [3.05, 3.63) is 34.5 Å². The summed E-state index contributed by atoms with van der Waals surface area (Å²) in [7, 11) is 3.48. The van der Waals surface area contributed by atoms with E-state index in [0.29, 0.717) is 12.5 Å². The first-order chi connectivity index (χ1) is 11.6. The molecule has 0 saturated carbocycles. The Hall–Kier alpha value is -1.77. The van der Waals surface area contributed by atoms with Gasteiger partial charge in [-0.3, -0.25) is 14.4 Å². The third kappa shape index (κ3) is 4.40. The summed E-state index contributed by atoms with van der Waals surface area (Å²) < 4.78 is 7.70. The van der Waals surface area contributed by atoms with Gasteiger partial charge in [0.1, 0.15) is 11.6 Å². The number of carbonyl (C=O) groups is 1. The standard InChI is InChI=1S/C16H23N5O2S/c1-19(2)16(22)12-23-11-13-7-20(10-15-17-5-6-24-15)9-14-3-4-18-21(14)8-13/h3-6,13H,7-12H2,1-2H3/t13-/m1/s1. The van der Waals surface area contributed by atoms with Crippen LogP contribution < -0.4 is 0 Å². The van der Waals surface area contributed by atoms with Crippen LogP contribution in [0.1, 0.15) is 10.7 Å². The zero-order valence-corrected chi connectivity index (χ0v) is 14.9. The van der Waals surface area contributed by atoms with E-state index in [1.807, 2.05) is 22.5 Å². The predicted molar refractivity (Wildman–Crippen MR) is 91.5 cm³/mol. The number of likely N-dealkylation sites (N-methyl/N-ethyl adjacent to an activating group) is 1. The summed E-state index contributed by atoms with van der Waals surface area (Å²) in [6.45, 7) is 4.07. The van der Waals surface area contributed by atoms with Gasteiger partial charge in [-0.05, 0) is 6.07 Å². The summed E-state index contributed by atoms with van der Waals surface area (Å²) in [4.78, 5) is 20.0. The predicted octanol–water partition coefficient (Wildman–Crippen LogP) is 1.08. The Labute approximate surface area is 145 Å². The number of carbonyl (C=O) groups excluding carboxylic acids is 1. The van der Waals surface area contributed by atoms with E-state index in [-0.39, 0.29) is 12.5 Å². The minimum atomic E-state index is -0.0111. The van der Waals surface area contributed by atoms with Crippen LogP contribution in [0.5, 0.6) is 0 Å². The van der Waals surface area contributed by atoms with Crippen LogP contribution in [0.25, 0.3) is 0 Å². The van der Waals surface area contributed by atoms with Crippen LogP contribution >= 0.6 is 11.3 Å². The van der Waals surface area contributed by atoms with Gasteiger partial charge >= 0.3 is 0 Å². The molecule has 0 aliphatic carbocycles. The van der Waals surface area contributed by atoms with Crippen molar-refractivity contribution in [3.8, 4) is 0 Å². The van der Waals surface area contributed by atoms with E-state index in [2.05, 4.69) is 21.0 Å². The maximum Gasteiger partial charge on any atom is 0.248 e. The molecule has 0 saturated heterocycles. The monoisotopic (exact) mass is 349 g/mol. The lowest BCUT2D eigenvalue weighted by Gasteiger charge is -2.23. The number of amides is 1. The third-order valence-electron chi connectivity index (χ3n) is 4.06. The molecule has 7 nitrogen and oxygen atoms in total. The van der Waals surface area contributed by atoms with E-state index >= 15 is 0 Å². The van der Waals surface area contributed by atoms with Crippen LogP contribution in [0.4, 0.5) is 0 Å². The molecule has 2 aromatic rings. The lowest BCUT2D eigenvalue weighted by molar-refractivity contribution is -0.134. The lowest BCUT2D eigenvalue weighted by atomic mass is 10.1. The Morgan fingerprint density at radius 2 is 2.29 bits per heavy atom. The highest BCUT2D eigenvalue weighted by Gasteiger charge is 2.23. The molecule has 0 fully saturated rings. The molecule has 0 bridgehead atoms. The molecule has 3 rings (SSSR count). The molecule has 0 spiro atoms. The first kappa shape index (κ1) is 17.1. The Bertz CT molecular complexity index is 655. The topological polar surface area (TPSA) is 63.5 Å². The molecular formula is C16H23N5O2S. The first-order valence-electron chi connectivity index (χ1n) is 8.01. The smallest absolute Gasteiger partial charge is 0.248 e. The number of hydrogen-bond donors (Lipinski definition) is 0. The van der Waals surface area contributed by atoms with E-state index in [9.17, 15) is 4.79 Å². The normalized spacial score (nSPS) is 18.2. The molecule has 1 aliphatic heterocycles. The molecular weight excluding hydrogens is 326 g/mol. The SMILES string of the molecule is CN(C)C(=O)COC[C@@H]1CN(Cc2nccs2)Cc2ccnn2C1. The summed E-state index contributed by atoms with van der Waals surface area (Å²) in [5.74, 6) is 0.282. The number of ether oxygens (including phenoxy) is 1. The van der Waals surface area contributed by atoms with E-state index in [4.69, 9.17) is 4.74 Å². The van der Waals surface area contributed by atoms with E-state index in [0.717, 1.165) is 31.2 Å². The van der Waals surface area contributed by atoms with Gasteiger partial charge in [0.15, 0.2) is 0 Å². The second-order valence-electron chi connectivity index (χ2n) is 6.27. The van der Waals surface area contributed by atoms with Crippen LogP contribution in [0.3, 0.4) is 0 Å². The lowest BCUT2D eigenvalue weighted by Crippen LogP contribution is -2.32. The Morgan fingerprint density at radius 3 is 3.04 bits per heavy atom. The summed E-state index contributed by atoms with van der Waals surface area (Å²) in [6, 6.07) is 2.06. The van der Waals surface area contributed by atoms with Crippen LogP contribution in [-0.2, 0) is 29.2 Å². The molecule has 2 aromatic heterocycles. The van der Waals surface area contributed by atoms with Crippen LogP contribution in [0, 0.1) is 5.92 Å². The zero-order valence-electron chi connectivity index (χ0n) is 14.1. The number of hydrogen-bond acceptors (Lipinski definition) is 6. The van der Waals surface area contributed by atoms with Crippen molar-refractivity contribution in [1.82, 2.24) is 24.6 Å². The second kappa shape index (κ2) is 7.87. The Morgan fingerprint density at radius 1 is 1.42 bits per heavy atom. The highest BCUT2D eigenvalue weighted by atomic mass is 32.1. The molecule has 0 aromatic carbocycles. The fourth-order valence-corrected chi connectivity index (χ4v) is 3.47. The van der Waals surface area contributed by atoms with Crippen LogP contribution in [0.2, 0.25) is 0 Å². The molecule has 24 heavy (non-hydrogen) atoms. The van der Waals surface area contributed by atoms with E-state index < -0.39 is 0 Å². The quantitative estimate of drug-likeness (QED) is 0.781. The molecule has 1 amide bonds. The molecule has 1 aliphatic rings. The van der Waals surface area contributed by atoms with Gasteiger partial charge in [-0.2, -0.15) is 5.10 Å². The van der Waals surface area contributed by atoms with Gasteiger partial charge in [0.25, 0.3) is 0 Å². The number of nitrogens with zero attached hydrogens (tertiary/aromatic N) is 5. The number of fused-ring (bicyclic) bond motifs is 1. The molecule has 0 unspecified atom stereocenters. The van der Waals surface area contributed by atoms with Gasteiger partial charge in [0.2, 0.25) is 5.91 Å². The average molecular weight is 349 g/mol.